The van der Waals surface area contributed by atoms with Gasteiger partial charge in [-0.05, 0) is 0 Å². The summed E-state index contributed by atoms with van der Waals surface area (Å²) in [4.78, 5) is 17.4. The summed E-state index contributed by atoms with van der Waals surface area (Å²) in [5, 5.41) is 2.11. The summed E-state index contributed by atoms with van der Waals surface area (Å²) >= 11 is 3.54. The van der Waals surface area contributed by atoms with Crippen LogP contribution in [0.3, 0.4) is 0 Å². The van der Waals surface area contributed by atoms with Crippen LogP contribution in [0.4, 0.5) is 10.3 Å². The van der Waals surface area contributed by atoms with E-state index in [1.165, 1.54) is 9.75 Å². The summed E-state index contributed by atoms with van der Waals surface area (Å²) in [6.07, 6.45) is 0. The molecule has 0 N–H and O–H groups in total. The fourth-order valence-electron chi connectivity index (χ4n) is 4.29. The van der Waals surface area contributed by atoms with E-state index in [-0.39, 0.29) is 0 Å². The molecule has 0 radical (unpaired) electrons. The predicted molar refractivity (Wildman–Crippen MR) is 140 cm³/mol. The van der Waals surface area contributed by atoms with Crippen molar-refractivity contribution in [1.82, 2.24) is 9.97 Å². The highest BCUT2D eigenvalue weighted by molar-refractivity contribution is 7.26. The third-order valence-electron chi connectivity index (χ3n) is 6.10. The van der Waals surface area contributed by atoms with Crippen molar-refractivity contribution in [1.29, 1.82) is 0 Å². The second-order valence-electron chi connectivity index (χ2n) is 8.28. The Morgan fingerprint density at radius 2 is 0.941 bits per heavy atom. The maximum Gasteiger partial charge on any atom is 0.186 e. The van der Waals surface area contributed by atoms with Gasteiger partial charge in [-0.25, -0.2) is 9.97 Å². The number of thiazole rings is 2. The number of hydrogen-bond donors (Lipinski definition) is 0. The zero-order valence-electron chi connectivity index (χ0n) is 18.9. The Balaban J connectivity index is 1.51. The molecule has 2 aromatic carbocycles. The summed E-state index contributed by atoms with van der Waals surface area (Å²) < 4.78 is 11.2. The third kappa shape index (κ3) is 4.34. The molecule has 0 unspecified atom stereocenters. The van der Waals surface area contributed by atoms with Crippen LogP contribution in [0.25, 0.3) is 32.3 Å². The Morgan fingerprint density at radius 1 is 0.559 bits per heavy atom. The van der Waals surface area contributed by atoms with Crippen LogP contribution in [-0.4, -0.2) is 62.6 Å². The van der Waals surface area contributed by atoms with E-state index in [0.29, 0.717) is 0 Å². The lowest BCUT2D eigenvalue weighted by Gasteiger charge is -2.26. The van der Waals surface area contributed by atoms with Crippen LogP contribution < -0.4 is 9.80 Å². The van der Waals surface area contributed by atoms with Crippen molar-refractivity contribution in [2.45, 2.75) is 0 Å². The highest BCUT2D eigenvalue weighted by Gasteiger charge is 2.26. The van der Waals surface area contributed by atoms with Crippen LogP contribution in [0.5, 0.6) is 0 Å². The number of morpholine rings is 2. The molecule has 0 aliphatic carbocycles. The van der Waals surface area contributed by atoms with E-state index in [0.717, 1.165) is 85.4 Å². The molecule has 0 atom stereocenters. The van der Waals surface area contributed by atoms with E-state index < -0.39 is 0 Å². The smallest absolute Gasteiger partial charge is 0.186 e. The Hall–Kier alpha value is -2.78. The number of ether oxygens (including phenoxy) is 2. The molecule has 2 aliphatic heterocycles. The quantitative estimate of drug-likeness (QED) is 0.380. The number of rotatable bonds is 5. The zero-order valence-corrected chi connectivity index (χ0v) is 20.5. The molecule has 0 spiro atoms. The van der Waals surface area contributed by atoms with Gasteiger partial charge in [0, 0.05) is 37.3 Å². The average molecular weight is 491 g/mol. The average Bonchev–Trinajstić information content (AvgIpc) is 3.56. The van der Waals surface area contributed by atoms with Crippen LogP contribution in [0.15, 0.2) is 60.7 Å². The lowest BCUT2D eigenvalue weighted by Crippen LogP contribution is -2.36. The first-order chi connectivity index (χ1) is 16.9. The molecule has 6 nitrogen and oxygen atoms in total. The van der Waals surface area contributed by atoms with Crippen molar-refractivity contribution in [3.05, 3.63) is 60.7 Å². The number of hydrogen-bond acceptors (Lipinski definition) is 8. The molecule has 4 heterocycles. The lowest BCUT2D eigenvalue weighted by atomic mass is 10.1. The Bertz CT molecular complexity index is 1130. The molecular weight excluding hydrogens is 464 g/mol. The predicted octanol–water partition coefficient (Wildman–Crippen LogP) is 5.27. The fourth-order valence-corrected chi connectivity index (χ4v) is 6.70. The van der Waals surface area contributed by atoms with Gasteiger partial charge in [-0.1, -0.05) is 83.3 Å². The maximum atomic E-state index is 5.59. The molecule has 174 valence electrons. The van der Waals surface area contributed by atoms with Gasteiger partial charge < -0.3 is 19.3 Å². The minimum Gasteiger partial charge on any atom is -0.378 e. The molecule has 2 saturated heterocycles. The monoisotopic (exact) mass is 490 g/mol. The molecular formula is C26H26N4O2S2. The molecule has 0 saturated carbocycles. The number of benzene rings is 2. The van der Waals surface area contributed by atoms with Crippen LogP contribution in [0.2, 0.25) is 0 Å². The van der Waals surface area contributed by atoms with E-state index in [1.807, 2.05) is 0 Å². The van der Waals surface area contributed by atoms with E-state index in [2.05, 4.69) is 70.5 Å². The van der Waals surface area contributed by atoms with Crippen LogP contribution in [0.1, 0.15) is 0 Å². The summed E-state index contributed by atoms with van der Waals surface area (Å²) in [7, 11) is 0. The Labute approximate surface area is 207 Å². The van der Waals surface area contributed by atoms with Crippen LogP contribution >= 0.6 is 22.7 Å². The van der Waals surface area contributed by atoms with Gasteiger partial charge >= 0.3 is 0 Å². The van der Waals surface area contributed by atoms with Crippen molar-refractivity contribution in [3.8, 4) is 32.3 Å². The highest BCUT2D eigenvalue weighted by Crippen LogP contribution is 2.48. The first kappa shape index (κ1) is 21.7. The highest BCUT2D eigenvalue weighted by atomic mass is 32.1. The van der Waals surface area contributed by atoms with Gasteiger partial charge in [-0.3, -0.25) is 0 Å². The minimum absolute atomic E-state index is 0.743. The standard InChI is InChI=1S/C26H26N4O2S2/c1-3-7-19(8-4-1)21-23(33-25(27-21)29-11-15-31-16-12-29)24-22(20-9-5-2-6-10-20)28-26(34-24)30-13-17-32-18-14-30/h1-10H,11-18H2. The molecule has 34 heavy (non-hydrogen) atoms. The number of aromatic nitrogens is 2. The molecule has 6 rings (SSSR count). The topological polar surface area (TPSA) is 50.7 Å². The van der Waals surface area contributed by atoms with Crippen molar-refractivity contribution in [2.75, 3.05) is 62.4 Å². The molecule has 2 aromatic heterocycles. The van der Waals surface area contributed by atoms with E-state index in [1.54, 1.807) is 22.7 Å². The Morgan fingerprint density at radius 3 is 1.32 bits per heavy atom. The van der Waals surface area contributed by atoms with Gasteiger partial charge in [0.1, 0.15) is 0 Å². The first-order valence-electron chi connectivity index (χ1n) is 11.6. The zero-order chi connectivity index (χ0) is 22.7. The van der Waals surface area contributed by atoms with E-state index in [4.69, 9.17) is 19.4 Å². The normalized spacial score (nSPS) is 16.7. The van der Waals surface area contributed by atoms with Gasteiger partial charge in [-0.15, -0.1) is 0 Å². The second kappa shape index (κ2) is 9.84. The maximum absolute atomic E-state index is 5.59. The minimum atomic E-state index is 0.743. The van der Waals surface area contributed by atoms with Crippen molar-refractivity contribution in [3.63, 3.8) is 0 Å². The van der Waals surface area contributed by atoms with E-state index >= 15 is 0 Å². The fraction of sp³-hybridized carbons (Fsp3) is 0.308. The van der Waals surface area contributed by atoms with Crippen molar-refractivity contribution < 1.29 is 9.47 Å². The summed E-state index contributed by atoms with van der Waals surface area (Å²) in [6, 6.07) is 21.0. The second-order valence-corrected chi connectivity index (χ2v) is 10.2. The largest absolute Gasteiger partial charge is 0.378 e. The molecule has 0 amide bonds. The Kier molecular flexibility index (Phi) is 6.29. The van der Waals surface area contributed by atoms with Gasteiger partial charge in [0.15, 0.2) is 10.3 Å². The van der Waals surface area contributed by atoms with Gasteiger partial charge in [0.2, 0.25) is 0 Å². The first-order valence-corrected chi connectivity index (χ1v) is 13.3. The van der Waals surface area contributed by atoms with E-state index in [9.17, 15) is 0 Å². The SMILES string of the molecule is c1ccc(-c2nc(N3CCOCC3)sc2-c2sc(N3CCOCC3)nc2-c2ccccc2)cc1. The third-order valence-corrected chi connectivity index (χ3v) is 8.49. The number of nitrogens with zero attached hydrogens (tertiary/aromatic N) is 4. The molecule has 2 fully saturated rings. The molecule has 2 aliphatic rings. The van der Waals surface area contributed by atoms with Gasteiger partial charge in [0.25, 0.3) is 0 Å². The van der Waals surface area contributed by atoms with Gasteiger partial charge in [0.05, 0.1) is 47.6 Å². The lowest BCUT2D eigenvalue weighted by molar-refractivity contribution is 0.122. The molecule has 0 bridgehead atoms. The summed E-state index contributed by atoms with van der Waals surface area (Å²) in [5.41, 5.74) is 4.32. The summed E-state index contributed by atoms with van der Waals surface area (Å²) in [6.45, 7) is 6.45. The number of anilines is 2. The molecule has 4 aromatic rings. The molecule has 8 heteroatoms. The van der Waals surface area contributed by atoms with Crippen LogP contribution in [-0.2, 0) is 9.47 Å². The van der Waals surface area contributed by atoms with Crippen molar-refractivity contribution >= 4 is 32.9 Å². The van der Waals surface area contributed by atoms with Gasteiger partial charge in [-0.2, -0.15) is 0 Å². The van der Waals surface area contributed by atoms with Crippen LogP contribution in [0, 0.1) is 0 Å². The van der Waals surface area contributed by atoms with Crippen molar-refractivity contribution in [2.24, 2.45) is 0 Å². The summed E-state index contributed by atoms with van der Waals surface area (Å²) in [5.74, 6) is 0.